The van der Waals surface area contributed by atoms with Gasteiger partial charge in [0.25, 0.3) is 5.91 Å². The fourth-order valence-corrected chi connectivity index (χ4v) is 2.86. The zero-order chi connectivity index (χ0) is 18.4. The van der Waals surface area contributed by atoms with Crippen LogP contribution in [0, 0.1) is 10.1 Å². The minimum atomic E-state index is -0.785. The lowest BCUT2D eigenvalue weighted by Crippen LogP contribution is -2.51. The van der Waals surface area contributed by atoms with Gasteiger partial charge in [-0.25, -0.2) is 4.68 Å². The van der Waals surface area contributed by atoms with Gasteiger partial charge in [0.2, 0.25) is 0 Å². The third-order valence-electron chi connectivity index (χ3n) is 4.09. The lowest BCUT2D eigenvalue weighted by atomic mass is 9.96. The molecule has 0 unspecified atom stereocenters. The summed E-state index contributed by atoms with van der Waals surface area (Å²) < 4.78 is 6.02. The van der Waals surface area contributed by atoms with E-state index in [4.69, 9.17) is 17.0 Å². The molecule has 0 aliphatic heterocycles. The van der Waals surface area contributed by atoms with E-state index >= 15 is 0 Å². The molecule has 0 aromatic carbocycles. The molecule has 0 saturated heterocycles. The summed E-state index contributed by atoms with van der Waals surface area (Å²) >= 11 is 5.17. The highest BCUT2D eigenvalue weighted by atomic mass is 32.1. The Morgan fingerprint density at radius 3 is 2.68 bits per heavy atom. The van der Waals surface area contributed by atoms with Crippen LogP contribution in [0.1, 0.15) is 45.1 Å². The molecule has 3 N–H and O–H groups in total. The van der Waals surface area contributed by atoms with Crippen LogP contribution in [0.25, 0.3) is 0 Å². The van der Waals surface area contributed by atoms with Gasteiger partial charge in [-0.1, -0.05) is 19.3 Å². The highest BCUT2D eigenvalue weighted by molar-refractivity contribution is 7.80. The van der Waals surface area contributed by atoms with E-state index in [1.54, 1.807) is 6.92 Å². The molecule has 0 spiro atoms. The number of hydrogen-bond acceptors (Lipinski definition) is 6. The summed E-state index contributed by atoms with van der Waals surface area (Å²) in [7, 11) is 1.28. The number of rotatable bonds is 5. The quantitative estimate of drug-likeness (QED) is 0.401. The SMILES string of the molecule is COc1nn([C@H](C)C(=O)NNC(=S)NC2CCCCC2)cc1[N+](=O)[O-]. The molecule has 1 aliphatic rings. The first kappa shape index (κ1) is 18.9. The molecule has 1 fully saturated rings. The summed E-state index contributed by atoms with van der Waals surface area (Å²) in [4.78, 5) is 22.5. The summed E-state index contributed by atoms with van der Waals surface area (Å²) in [6.07, 6.45) is 6.85. The Bertz CT molecular complexity index is 643. The molecule has 11 heteroatoms. The van der Waals surface area contributed by atoms with Crippen molar-refractivity contribution in [3.05, 3.63) is 16.3 Å². The van der Waals surface area contributed by atoms with Gasteiger partial charge in [0, 0.05) is 6.04 Å². The second-order valence-electron chi connectivity index (χ2n) is 5.86. The van der Waals surface area contributed by atoms with Gasteiger partial charge in [-0.2, -0.15) is 0 Å². The van der Waals surface area contributed by atoms with Crippen molar-refractivity contribution in [2.75, 3.05) is 7.11 Å². The molecule has 10 nitrogen and oxygen atoms in total. The van der Waals surface area contributed by atoms with Crippen LogP contribution in [-0.2, 0) is 4.79 Å². The predicted octanol–water partition coefficient (Wildman–Crippen LogP) is 1.19. The summed E-state index contributed by atoms with van der Waals surface area (Å²) in [5.41, 5.74) is 4.83. The van der Waals surface area contributed by atoms with Gasteiger partial charge in [0.05, 0.1) is 12.0 Å². The number of amides is 1. The van der Waals surface area contributed by atoms with Crippen molar-refractivity contribution in [3.63, 3.8) is 0 Å². The van der Waals surface area contributed by atoms with E-state index in [1.807, 2.05) is 0 Å². The number of nitrogens with one attached hydrogen (secondary N) is 3. The van der Waals surface area contributed by atoms with Crippen molar-refractivity contribution in [2.24, 2.45) is 0 Å². The maximum atomic E-state index is 12.2. The highest BCUT2D eigenvalue weighted by Crippen LogP contribution is 2.25. The maximum absolute atomic E-state index is 12.2. The van der Waals surface area contributed by atoms with Crippen molar-refractivity contribution < 1.29 is 14.5 Å². The molecule has 1 saturated carbocycles. The molecule has 138 valence electrons. The molecule has 2 rings (SSSR count). The normalized spacial score (nSPS) is 15.9. The molecule has 1 heterocycles. The molecule has 1 aromatic rings. The Morgan fingerprint density at radius 1 is 1.44 bits per heavy atom. The maximum Gasteiger partial charge on any atom is 0.350 e. The van der Waals surface area contributed by atoms with E-state index in [9.17, 15) is 14.9 Å². The summed E-state index contributed by atoms with van der Waals surface area (Å²) in [5, 5.41) is 18.3. The van der Waals surface area contributed by atoms with E-state index in [0.29, 0.717) is 11.2 Å². The molecular formula is C14H22N6O4S. The van der Waals surface area contributed by atoms with Crippen molar-refractivity contribution >= 4 is 28.9 Å². The van der Waals surface area contributed by atoms with Gasteiger partial charge in [0.15, 0.2) is 5.11 Å². The Hall–Kier alpha value is -2.43. The molecule has 1 atom stereocenters. The lowest BCUT2D eigenvalue weighted by Gasteiger charge is -2.24. The number of methoxy groups -OCH3 is 1. The molecule has 1 aliphatic carbocycles. The van der Waals surface area contributed by atoms with Crippen molar-refractivity contribution in [1.29, 1.82) is 0 Å². The summed E-state index contributed by atoms with van der Waals surface area (Å²) in [5.74, 6) is -0.583. The largest absolute Gasteiger partial charge is 0.475 e. The van der Waals surface area contributed by atoms with Crippen LogP contribution in [0.3, 0.4) is 0 Å². The van der Waals surface area contributed by atoms with Crippen LogP contribution in [0.5, 0.6) is 5.88 Å². The number of carbonyl (C=O) groups excluding carboxylic acids is 1. The van der Waals surface area contributed by atoms with Gasteiger partial charge in [-0.05, 0) is 32.0 Å². The summed E-state index contributed by atoms with van der Waals surface area (Å²) in [6.45, 7) is 1.56. The average molecular weight is 370 g/mol. The first-order valence-corrected chi connectivity index (χ1v) is 8.47. The standard InChI is InChI=1S/C14H22N6O4S/c1-9(19-8-11(20(22)23)13(18-19)24-2)12(21)16-17-14(25)15-10-6-4-3-5-7-10/h8-10H,3-7H2,1-2H3,(H,16,21)(H2,15,17,25)/t9-/m1/s1. The Kier molecular flexibility index (Phi) is 6.51. The van der Waals surface area contributed by atoms with Crippen LogP contribution in [-0.4, -0.2) is 38.9 Å². The fourth-order valence-electron chi connectivity index (χ4n) is 2.65. The van der Waals surface area contributed by atoms with Crippen LogP contribution in [0.2, 0.25) is 0 Å². The number of nitrogens with zero attached hydrogens (tertiary/aromatic N) is 3. The molecule has 0 radical (unpaired) electrons. The Morgan fingerprint density at radius 2 is 2.12 bits per heavy atom. The lowest BCUT2D eigenvalue weighted by molar-refractivity contribution is -0.385. The van der Waals surface area contributed by atoms with E-state index in [1.165, 1.54) is 31.1 Å². The van der Waals surface area contributed by atoms with Crippen molar-refractivity contribution in [3.8, 4) is 5.88 Å². The number of thiocarbonyl (C=S) groups is 1. The van der Waals surface area contributed by atoms with E-state index in [2.05, 4.69) is 21.3 Å². The van der Waals surface area contributed by atoms with Crippen LogP contribution >= 0.6 is 12.2 Å². The molecule has 0 bridgehead atoms. The monoisotopic (exact) mass is 370 g/mol. The second kappa shape index (κ2) is 8.60. The second-order valence-corrected chi connectivity index (χ2v) is 6.27. The minimum absolute atomic E-state index is 0.146. The van der Waals surface area contributed by atoms with E-state index in [-0.39, 0.29) is 11.6 Å². The first-order valence-electron chi connectivity index (χ1n) is 8.06. The number of ether oxygens (including phenoxy) is 1. The number of carbonyl (C=O) groups is 1. The molecule has 25 heavy (non-hydrogen) atoms. The highest BCUT2D eigenvalue weighted by Gasteiger charge is 2.25. The van der Waals surface area contributed by atoms with Gasteiger partial charge in [-0.3, -0.25) is 25.8 Å². The van der Waals surface area contributed by atoms with Crippen molar-refractivity contribution in [2.45, 2.75) is 51.1 Å². The van der Waals surface area contributed by atoms with Crippen LogP contribution in [0.4, 0.5) is 5.69 Å². The van der Waals surface area contributed by atoms with E-state index in [0.717, 1.165) is 19.0 Å². The van der Waals surface area contributed by atoms with Crippen LogP contribution < -0.4 is 20.9 Å². The molecular weight excluding hydrogens is 348 g/mol. The minimum Gasteiger partial charge on any atom is -0.475 e. The zero-order valence-corrected chi connectivity index (χ0v) is 15.0. The Balaban J connectivity index is 1.87. The topological polar surface area (TPSA) is 123 Å². The third-order valence-corrected chi connectivity index (χ3v) is 4.31. The zero-order valence-electron chi connectivity index (χ0n) is 14.2. The predicted molar refractivity (Wildman–Crippen MR) is 94.0 cm³/mol. The molecule has 1 amide bonds. The van der Waals surface area contributed by atoms with E-state index < -0.39 is 16.9 Å². The average Bonchev–Trinajstić information content (AvgIpc) is 3.04. The smallest absolute Gasteiger partial charge is 0.350 e. The number of nitro groups is 1. The number of aromatic nitrogens is 2. The first-order chi connectivity index (χ1) is 11.9. The number of hydrogen-bond donors (Lipinski definition) is 3. The van der Waals surface area contributed by atoms with Crippen LogP contribution in [0.15, 0.2) is 6.20 Å². The van der Waals surface area contributed by atoms with Gasteiger partial charge in [0.1, 0.15) is 12.2 Å². The third kappa shape index (κ3) is 5.02. The number of hydrazine groups is 1. The van der Waals surface area contributed by atoms with Gasteiger partial charge < -0.3 is 10.1 Å². The fraction of sp³-hybridized carbons (Fsp3) is 0.643. The molecule has 1 aromatic heterocycles. The van der Waals surface area contributed by atoms with Crippen molar-refractivity contribution in [1.82, 2.24) is 25.9 Å². The van der Waals surface area contributed by atoms with Gasteiger partial charge >= 0.3 is 11.6 Å². The Labute approximate surface area is 150 Å². The van der Waals surface area contributed by atoms with Gasteiger partial charge in [-0.15, -0.1) is 5.10 Å². The summed E-state index contributed by atoms with van der Waals surface area (Å²) in [6, 6.07) is -0.464.